The number of halogens is 3. The number of nitrogens with zero attached hydrogens (tertiary/aromatic N) is 2. The summed E-state index contributed by atoms with van der Waals surface area (Å²) in [5, 5.41) is 3.26. The summed E-state index contributed by atoms with van der Waals surface area (Å²) in [4.78, 5) is 30.8. The van der Waals surface area contributed by atoms with Gasteiger partial charge in [-0.25, -0.2) is 9.78 Å². The Morgan fingerprint density at radius 1 is 1.06 bits per heavy atom. The van der Waals surface area contributed by atoms with Crippen molar-refractivity contribution in [2.24, 2.45) is 0 Å². The lowest BCUT2D eigenvalue weighted by Gasteiger charge is -2.31. The van der Waals surface area contributed by atoms with Crippen molar-refractivity contribution in [3.05, 3.63) is 83.0 Å². The lowest BCUT2D eigenvalue weighted by Crippen LogP contribution is -2.38. The van der Waals surface area contributed by atoms with Crippen molar-refractivity contribution < 1.29 is 32.2 Å². The molecule has 3 aromatic rings. The quantitative estimate of drug-likeness (QED) is 0.507. The van der Waals surface area contributed by atoms with E-state index in [2.05, 4.69) is 10.3 Å². The number of ether oxygens (including phenoxy) is 2. The molecule has 1 amide bonds. The first kappa shape index (κ1) is 24.1. The van der Waals surface area contributed by atoms with Crippen LogP contribution in [0.15, 0.2) is 60.8 Å². The van der Waals surface area contributed by atoms with E-state index < -0.39 is 23.6 Å². The third kappa shape index (κ3) is 5.06. The predicted octanol–water partition coefficient (Wildman–Crippen LogP) is 5.10. The first-order valence-corrected chi connectivity index (χ1v) is 10.7. The summed E-state index contributed by atoms with van der Waals surface area (Å²) < 4.78 is 49.2. The Morgan fingerprint density at radius 3 is 2.34 bits per heavy atom. The molecule has 2 heterocycles. The summed E-state index contributed by atoms with van der Waals surface area (Å²) in [7, 11) is 1.31. The molecule has 1 N–H and O–H groups in total. The highest BCUT2D eigenvalue weighted by molar-refractivity contribution is 6.08. The highest BCUT2D eigenvalue weighted by Crippen LogP contribution is 2.39. The molecule has 0 aliphatic carbocycles. The minimum Gasteiger partial charge on any atom is -0.489 e. The molecule has 4 rings (SSSR count). The fourth-order valence-electron chi connectivity index (χ4n) is 3.75. The van der Waals surface area contributed by atoms with Crippen LogP contribution in [-0.4, -0.2) is 37.1 Å². The monoisotopic (exact) mass is 485 g/mol. The van der Waals surface area contributed by atoms with E-state index in [1.54, 1.807) is 36.5 Å². The van der Waals surface area contributed by atoms with Crippen LogP contribution in [0.5, 0.6) is 5.75 Å². The number of amides is 1. The van der Waals surface area contributed by atoms with Crippen molar-refractivity contribution >= 4 is 23.4 Å². The number of alkyl halides is 3. The Labute approximate surface area is 199 Å². The summed E-state index contributed by atoms with van der Waals surface area (Å²) in [5.41, 5.74) is 0.969. The summed E-state index contributed by atoms with van der Waals surface area (Å²) >= 11 is 0. The van der Waals surface area contributed by atoms with Crippen molar-refractivity contribution in [2.75, 3.05) is 30.5 Å². The third-order valence-electron chi connectivity index (χ3n) is 5.62. The molecule has 2 aromatic carbocycles. The summed E-state index contributed by atoms with van der Waals surface area (Å²) in [6, 6.07) is 12.3. The zero-order valence-electron chi connectivity index (χ0n) is 18.9. The molecular weight excluding hydrogens is 463 g/mol. The molecule has 10 heteroatoms. The van der Waals surface area contributed by atoms with Crippen LogP contribution in [0, 0.1) is 0 Å². The van der Waals surface area contributed by atoms with Crippen molar-refractivity contribution in [1.29, 1.82) is 0 Å². The lowest BCUT2D eigenvalue weighted by atomic mass is 10.1. The Kier molecular flexibility index (Phi) is 6.63. The van der Waals surface area contributed by atoms with Gasteiger partial charge in [0.25, 0.3) is 5.91 Å². The number of benzene rings is 2. The van der Waals surface area contributed by atoms with Gasteiger partial charge in [-0.2, -0.15) is 13.2 Å². The number of fused-ring (bicyclic) bond motifs is 1. The molecule has 0 bridgehead atoms. The number of nitrogens with one attached hydrogen (secondary N) is 1. The lowest BCUT2D eigenvalue weighted by molar-refractivity contribution is -0.137. The smallest absolute Gasteiger partial charge is 0.416 e. The molecular formula is C25H22F3N3O4. The van der Waals surface area contributed by atoms with Crippen molar-refractivity contribution in [3.8, 4) is 5.75 Å². The highest BCUT2D eigenvalue weighted by atomic mass is 19.4. The second kappa shape index (κ2) is 9.65. The second-order valence-corrected chi connectivity index (χ2v) is 7.87. The topological polar surface area (TPSA) is 80.8 Å². The van der Waals surface area contributed by atoms with E-state index in [4.69, 9.17) is 9.47 Å². The van der Waals surface area contributed by atoms with Crippen LogP contribution in [0.1, 0.15) is 44.8 Å². The molecule has 1 atom stereocenters. The van der Waals surface area contributed by atoms with Crippen LogP contribution in [0.25, 0.3) is 0 Å². The van der Waals surface area contributed by atoms with E-state index in [1.165, 1.54) is 12.0 Å². The summed E-state index contributed by atoms with van der Waals surface area (Å²) in [6.45, 7) is 2.32. The van der Waals surface area contributed by atoms with Gasteiger partial charge >= 0.3 is 12.1 Å². The Balaban J connectivity index is 1.60. The number of carbonyl (C=O) groups excluding carboxylic acids is 2. The zero-order chi connectivity index (χ0) is 25.2. The molecule has 1 aliphatic rings. The van der Waals surface area contributed by atoms with Gasteiger partial charge in [0.1, 0.15) is 18.0 Å². The fourth-order valence-corrected chi connectivity index (χ4v) is 3.75. The fraction of sp³-hybridized carbons (Fsp3) is 0.240. The predicted molar refractivity (Wildman–Crippen MR) is 123 cm³/mol. The van der Waals surface area contributed by atoms with Gasteiger partial charge in [-0.15, -0.1) is 0 Å². The van der Waals surface area contributed by atoms with Gasteiger partial charge < -0.3 is 14.8 Å². The van der Waals surface area contributed by atoms with E-state index >= 15 is 0 Å². The van der Waals surface area contributed by atoms with Crippen molar-refractivity contribution in [2.45, 2.75) is 19.1 Å². The molecule has 0 saturated carbocycles. The van der Waals surface area contributed by atoms with Gasteiger partial charge in [-0.3, -0.25) is 9.69 Å². The molecule has 0 saturated heterocycles. The van der Waals surface area contributed by atoms with Crippen LogP contribution < -0.4 is 15.0 Å². The summed E-state index contributed by atoms with van der Waals surface area (Å²) in [5.74, 6) is -0.0887. The number of anilines is 2. The average molecular weight is 485 g/mol. The zero-order valence-corrected chi connectivity index (χ0v) is 18.9. The van der Waals surface area contributed by atoms with Crippen LogP contribution >= 0.6 is 0 Å². The Morgan fingerprint density at radius 2 is 1.71 bits per heavy atom. The van der Waals surface area contributed by atoms with E-state index in [0.29, 0.717) is 22.8 Å². The number of pyridine rings is 1. The van der Waals surface area contributed by atoms with Gasteiger partial charge in [0.2, 0.25) is 0 Å². The molecule has 0 unspecified atom stereocenters. The summed E-state index contributed by atoms with van der Waals surface area (Å²) in [6.07, 6.45) is -2.94. The number of hydrogen-bond donors (Lipinski definition) is 1. The number of carbonyl (C=O) groups is 2. The van der Waals surface area contributed by atoms with Gasteiger partial charge in [0.15, 0.2) is 5.82 Å². The first-order valence-electron chi connectivity index (χ1n) is 10.7. The molecule has 182 valence electrons. The average Bonchev–Trinajstić information content (AvgIpc) is 2.87. The highest BCUT2D eigenvalue weighted by Gasteiger charge is 2.32. The maximum absolute atomic E-state index is 13.3. The minimum absolute atomic E-state index is 0.118. The second-order valence-electron chi connectivity index (χ2n) is 7.87. The standard InChI is InChI=1S/C25H22F3N3O4/c1-15(16-3-5-18(6-4-16)24(33)34-2)30-22-21-20(11-12-29-22)35-14-13-31(21)23(32)17-7-9-19(10-8-17)25(26,27)28/h3-12,15H,13-14H2,1-2H3,(H,29,30)/t15-/m0/s1. The van der Waals surface area contributed by atoms with Gasteiger partial charge in [0, 0.05) is 17.8 Å². The van der Waals surface area contributed by atoms with Gasteiger partial charge in [0.05, 0.1) is 30.8 Å². The van der Waals surface area contributed by atoms with Crippen molar-refractivity contribution in [1.82, 2.24) is 4.98 Å². The van der Waals surface area contributed by atoms with Crippen LogP contribution in [0.3, 0.4) is 0 Å². The number of esters is 1. The molecule has 0 radical (unpaired) electrons. The Bertz CT molecular complexity index is 1230. The molecule has 1 aliphatic heterocycles. The van der Waals surface area contributed by atoms with Gasteiger partial charge in [-0.1, -0.05) is 12.1 Å². The molecule has 0 fully saturated rings. The Hall–Kier alpha value is -4.08. The van der Waals surface area contributed by atoms with Gasteiger partial charge in [-0.05, 0) is 48.9 Å². The third-order valence-corrected chi connectivity index (χ3v) is 5.62. The van der Waals surface area contributed by atoms with E-state index in [-0.39, 0.29) is 24.8 Å². The number of aromatic nitrogens is 1. The van der Waals surface area contributed by atoms with Crippen molar-refractivity contribution in [3.63, 3.8) is 0 Å². The molecule has 7 nitrogen and oxygen atoms in total. The number of methoxy groups -OCH3 is 1. The normalized spacial score (nSPS) is 13.9. The van der Waals surface area contributed by atoms with Crippen LogP contribution in [0.2, 0.25) is 0 Å². The maximum atomic E-state index is 13.3. The number of hydrogen-bond acceptors (Lipinski definition) is 6. The largest absolute Gasteiger partial charge is 0.489 e. The van der Waals surface area contributed by atoms with E-state index in [9.17, 15) is 22.8 Å². The van der Waals surface area contributed by atoms with Crippen LogP contribution in [0.4, 0.5) is 24.7 Å². The van der Waals surface area contributed by atoms with E-state index in [0.717, 1.165) is 29.8 Å². The van der Waals surface area contributed by atoms with E-state index in [1.807, 2.05) is 6.92 Å². The number of rotatable bonds is 5. The molecule has 35 heavy (non-hydrogen) atoms. The first-order chi connectivity index (χ1) is 16.7. The maximum Gasteiger partial charge on any atom is 0.416 e. The molecule has 0 spiro atoms. The molecule has 1 aromatic heterocycles. The minimum atomic E-state index is -4.49. The van der Waals surface area contributed by atoms with Crippen LogP contribution in [-0.2, 0) is 10.9 Å². The SMILES string of the molecule is COC(=O)c1ccc([C@H](C)Nc2nccc3c2N(C(=O)c2ccc(C(F)(F)F)cc2)CCO3)cc1.